The lowest BCUT2D eigenvalue weighted by Crippen LogP contribution is -2.25. The van der Waals surface area contributed by atoms with Crippen LogP contribution in [0.4, 0.5) is 0 Å². The smallest absolute Gasteiger partial charge is 0.126 e. The van der Waals surface area contributed by atoms with Crippen LogP contribution < -0.4 is 9.47 Å². The number of phenolic OH excluding ortho intramolecular Hbond substituents is 1. The molecule has 0 spiro atoms. The van der Waals surface area contributed by atoms with Gasteiger partial charge < -0.3 is 14.6 Å². The van der Waals surface area contributed by atoms with Crippen LogP contribution in [0.2, 0.25) is 5.02 Å². The third-order valence-corrected chi connectivity index (χ3v) is 6.82. The number of nitrogens with zero attached hydrogens (tertiary/aromatic N) is 1. The lowest BCUT2D eigenvalue weighted by atomic mass is 9.76. The van der Waals surface area contributed by atoms with E-state index in [1.54, 1.807) is 12.1 Å². The Labute approximate surface area is 194 Å². The quantitative estimate of drug-likeness (QED) is 0.514. The van der Waals surface area contributed by atoms with Gasteiger partial charge in [-0.2, -0.15) is 0 Å². The molecule has 2 atom stereocenters. The molecule has 0 aliphatic carbocycles. The molecule has 0 bridgehead atoms. The van der Waals surface area contributed by atoms with E-state index in [0.717, 1.165) is 28.6 Å². The van der Waals surface area contributed by atoms with Crippen molar-refractivity contribution in [1.29, 1.82) is 0 Å². The monoisotopic (exact) mass is 449 g/mol. The van der Waals surface area contributed by atoms with E-state index in [9.17, 15) is 5.11 Å². The number of hydrogen-bond acceptors (Lipinski definition) is 4. The Bertz CT molecular complexity index is 1050. The highest BCUT2D eigenvalue weighted by Crippen LogP contribution is 2.47. The third kappa shape index (κ3) is 4.57. The van der Waals surface area contributed by atoms with Crippen molar-refractivity contribution in [2.75, 3.05) is 32.8 Å². The fraction of sp³-hybridized carbons (Fsp3) is 0.333. The summed E-state index contributed by atoms with van der Waals surface area (Å²) in [4.78, 5) is 2.46. The molecule has 2 heterocycles. The van der Waals surface area contributed by atoms with Gasteiger partial charge >= 0.3 is 0 Å². The van der Waals surface area contributed by atoms with Crippen LogP contribution in [0, 0.1) is 0 Å². The first kappa shape index (κ1) is 21.2. The zero-order valence-corrected chi connectivity index (χ0v) is 18.8. The lowest BCUT2D eigenvalue weighted by Gasteiger charge is -2.34. The van der Waals surface area contributed by atoms with Crippen molar-refractivity contribution in [2.45, 2.75) is 24.7 Å². The summed E-state index contributed by atoms with van der Waals surface area (Å²) in [5.41, 5.74) is 3.47. The van der Waals surface area contributed by atoms with E-state index in [1.165, 1.54) is 37.1 Å². The molecule has 1 N–H and O–H groups in total. The van der Waals surface area contributed by atoms with Gasteiger partial charge in [-0.3, -0.25) is 4.90 Å². The van der Waals surface area contributed by atoms with Crippen LogP contribution in [0.25, 0.3) is 0 Å². The lowest BCUT2D eigenvalue weighted by molar-refractivity contribution is 0.237. The molecular weight excluding hydrogens is 422 g/mol. The molecule has 2 aliphatic heterocycles. The van der Waals surface area contributed by atoms with E-state index < -0.39 is 0 Å². The molecule has 1 fully saturated rings. The number of ether oxygens (including phenoxy) is 2. The number of rotatable bonds is 6. The molecule has 32 heavy (non-hydrogen) atoms. The molecule has 4 nitrogen and oxygen atoms in total. The highest BCUT2D eigenvalue weighted by Gasteiger charge is 2.33. The molecule has 1 saturated heterocycles. The molecule has 0 radical (unpaired) electrons. The maximum atomic E-state index is 9.94. The molecule has 0 saturated carbocycles. The summed E-state index contributed by atoms with van der Waals surface area (Å²) in [6, 6.07) is 21.8. The van der Waals surface area contributed by atoms with Crippen molar-refractivity contribution in [1.82, 2.24) is 4.90 Å². The van der Waals surface area contributed by atoms with Crippen molar-refractivity contribution >= 4 is 11.6 Å². The predicted octanol–water partition coefficient (Wildman–Crippen LogP) is 5.83. The van der Waals surface area contributed by atoms with Gasteiger partial charge in [0, 0.05) is 35.0 Å². The Morgan fingerprint density at radius 1 is 0.938 bits per heavy atom. The maximum absolute atomic E-state index is 9.94. The number of aromatic hydroxyl groups is 1. The second kappa shape index (κ2) is 9.43. The van der Waals surface area contributed by atoms with Gasteiger partial charge in [-0.15, -0.1) is 0 Å². The van der Waals surface area contributed by atoms with Crippen molar-refractivity contribution in [3.63, 3.8) is 0 Å². The SMILES string of the molecule is Oc1ccc2c(c1)OC[C@H](c1ccc(Cl)cc1)C2c1ccc(OCCN2CCCC2)cc1. The molecule has 3 aromatic rings. The molecule has 5 heteroatoms. The molecular formula is C27H28ClNO3. The standard InChI is InChI=1S/C27H28ClNO3/c28-21-7-3-19(4-8-21)25-18-32-26-17-22(30)9-12-24(26)27(25)20-5-10-23(11-6-20)31-16-15-29-13-1-2-14-29/h3-12,17,25,27,30H,1-2,13-16,18H2/t25-,27?/m1/s1. The first-order chi connectivity index (χ1) is 15.7. The van der Waals surface area contributed by atoms with Gasteiger partial charge in [0.25, 0.3) is 0 Å². The second-order valence-corrected chi connectivity index (χ2v) is 9.07. The van der Waals surface area contributed by atoms with Crippen LogP contribution in [0.3, 0.4) is 0 Å². The summed E-state index contributed by atoms with van der Waals surface area (Å²) in [7, 11) is 0. The zero-order valence-electron chi connectivity index (χ0n) is 18.0. The zero-order chi connectivity index (χ0) is 21.9. The van der Waals surface area contributed by atoms with Gasteiger partial charge in [-0.05, 0) is 67.4 Å². The van der Waals surface area contributed by atoms with Crippen LogP contribution >= 0.6 is 11.6 Å². The van der Waals surface area contributed by atoms with Crippen LogP contribution in [0.1, 0.15) is 41.4 Å². The molecule has 5 rings (SSSR count). The summed E-state index contributed by atoms with van der Waals surface area (Å²) in [5.74, 6) is 2.11. The summed E-state index contributed by atoms with van der Waals surface area (Å²) in [6.07, 6.45) is 2.60. The van der Waals surface area contributed by atoms with Gasteiger partial charge in [0.05, 0.1) is 6.61 Å². The number of benzene rings is 3. The maximum Gasteiger partial charge on any atom is 0.126 e. The van der Waals surface area contributed by atoms with Crippen molar-refractivity contribution < 1.29 is 14.6 Å². The number of phenols is 1. The minimum Gasteiger partial charge on any atom is -0.508 e. The molecule has 166 valence electrons. The van der Waals surface area contributed by atoms with Crippen LogP contribution in [0.5, 0.6) is 17.2 Å². The number of halogens is 1. The second-order valence-electron chi connectivity index (χ2n) is 8.64. The first-order valence-corrected chi connectivity index (χ1v) is 11.7. The summed E-state index contributed by atoms with van der Waals surface area (Å²) < 4.78 is 12.1. The van der Waals surface area contributed by atoms with E-state index in [2.05, 4.69) is 41.3 Å². The van der Waals surface area contributed by atoms with Gasteiger partial charge in [-0.25, -0.2) is 0 Å². The Balaban J connectivity index is 1.39. The predicted molar refractivity (Wildman–Crippen MR) is 127 cm³/mol. The fourth-order valence-corrected chi connectivity index (χ4v) is 5.00. The Hall–Kier alpha value is -2.69. The molecule has 3 aromatic carbocycles. The Kier molecular flexibility index (Phi) is 6.24. The van der Waals surface area contributed by atoms with Crippen molar-refractivity contribution in [2.24, 2.45) is 0 Å². The number of hydrogen-bond donors (Lipinski definition) is 1. The van der Waals surface area contributed by atoms with Crippen molar-refractivity contribution in [3.8, 4) is 17.2 Å². The van der Waals surface area contributed by atoms with Gasteiger partial charge in [0.1, 0.15) is 23.9 Å². The Morgan fingerprint density at radius 2 is 1.66 bits per heavy atom. The summed E-state index contributed by atoms with van der Waals surface area (Å²) in [6.45, 7) is 4.61. The van der Waals surface area contributed by atoms with E-state index in [4.69, 9.17) is 21.1 Å². The fourth-order valence-electron chi connectivity index (χ4n) is 4.88. The van der Waals surface area contributed by atoms with Gasteiger partial charge in [0.2, 0.25) is 0 Å². The summed E-state index contributed by atoms with van der Waals surface area (Å²) in [5, 5.41) is 10.7. The minimum absolute atomic E-state index is 0.110. The summed E-state index contributed by atoms with van der Waals surface area (Å²) >= 11 is 6.13. The number of likely N-dealkylation sites (tertiary alicyclic amines) is 1. The van der Waals surface area contributed by atoms with Crippen LogP contribution in [0.15, 0.2) is 66.7 Å². The van der Waals surface area contributed by atoms with E-state index in [0.29, 0.717) is 13.2 Å². The largest absolute Gasteiger partial charge is 0.508 e. The molecule has 2 aliphatic rings. The van der Waals surface area contributed by atoms with Crippen LogP contribution in [-0.2, 0) is 0 Å². The first-order valence-electron chi connectivity index (χ1n) is 11.3. The van der Waals surface area contributed by atoms with Gasteiger partial charge in [-0.1, -0.05) is 41.9 Å². The van der Waals surface area contributed by atoms with E-state index in [-0.39, 0.29) is 17.6 Å². The van der Waals surface area contributed by atoms with E-state index in [1.807, 2.05) is 18.2 Å². The van der Waals surface area contributed by atoms with Crippen LogP contribution in [-0.4, -0.2) is 42.9 Å². The average molecular weight is 450 g/mol. The highest BCUT2D eigenvalue weighted by atomic mass is 35.5. The molecule has 0 aromatic heterocycles. The minimum atomic E-state index is 0.110. The van der Waals surface area contributed by atoms with E-state index >= 15 is 0 Å². The number of fused-ring (bicyclic) bond motifs is 1. The van der Waals surface area contributed by atoms with Gasteiger partial charge in [0.15, 0.2) is 0 Å². The third-order valence-electron chi connectivity index (χ3n) is 6.57. The van der Waals surface area contributed by atoms with Crippen molar-refractivity contribution in [3.05, 3.63) is 88.4 Å². The normalized spacial score (nSPS) is 20.5. The Morgan fingerprint density at radius 3 is 2.41 bits per heavy atom. The average Bonchev–Trinajstić information content (AvgIpc) is 3.33. The topological polar surface area (TPSA) is 41.9 Å². The molecule has 1 unspecified atom stereocenters. The molecule has 0 amide bonds. The highest BCUT2D eigenvalue weighted by molar-refractivity contribution is 6.30.